The van der Waals surface area contributed by atoms with E-state index in [0.29, 0.717) is 29.9 Å². The molecule has 12 heteroatoms. The van der Waals surface area contributed by atoms with Gasteiger partial charge in [0.05, 0.1) is 38.1 Å². The van der Waals surface area contributed by atoms with Crippen LogP contribution >= 0.6 is 0 Å². The van der Waals surface area contributed by atoms with Crippen LogP contribution in [0.1, 0.15) is 73.6 Å². The van der Waals surface area contributed by atoms with Crippen molar-refractivity contribution >= 4 is 29.6 Å². The zero-order valence-electron chi connectivity index (χ0n) is 25.6. The standard InChI is InChI=1S/C31H41FN6O5/c1-31(2,3)43-30(40)36-23-10-8-7-9-22(23)35-28-26(32)21-17-38(16-18-11-12-20(41-5)13-24(18)42-6)29(39)25(21)27(37-28)19(14-33)15-34-4/h11-15,22-23H,7-10,16-17,33H2,1-6H3,(H,35,37)(H,36,40)/t22-,23+/m1/s1. The zero-order valence-corrected chi connectivity index (χ0v) is 25.6. The van der Waals surface area contributed by atoms with Gasteiger partial charge in [-0.25, -0.2) is 14.2 Å². The van der Waals surface area contributed by atoms with Crippen molar-refractivity contribution in [1.82, 2.24) is 15.2 Å². The molecule has 4 rings (SSSR count). The van der Waals surface area contributed by atoms with E-state index < -0.39 is 17.5 Å². The van der Waals surface area contributed by atoms with E-state index >= 15 is 4.39 Å². The fourth-order valence-electron chi connectivity index (χ4n) is 5.47. The number of carbonyl (C=O) groups excluding carboxylic acids is 2. The molecule has 0 bridgehead atoms. The topological polar surface area (TPSA) is 140 Å². The summed E-state index contributed by atoms with van der Waals surface area (Å²) in [7, 11) is 4.67. The highest BCUT2D eigenvalue weighted by atomic mass is 19.1. The van der Waals surface area contributed by atoms with E-state index in [9.17, 15) is 9.59 Å². The molecular formula is C31H41FN6O5. The minimum absolute atomic E-state index is 0.0165. The maximum atomic E-state index is 16.3. The molecule has 1 saturated carbocycles. The highest BCUT2D eigenvalue weighted by Gasteiger charge is 2.37. The van der Waals surface area contributed by atoms with Crippen LogP contribution in [0, 0.1) is 5.82 Å². The number of methoxy groups -OCH3 is 2. The summed E-state index contributed by atoms with van der Waals surface area (Å²) in [4.78, 5) is 36.5. The molecule has 1 fully saturated rings. The van der Waals surface area contributed by atoms with Gasteiger partial charge in [0.25, 0.3) is 5.91 Å². The largest absolute Gasteiger partial charge is 0.497 e. The first kappa shape index (κ1) is 31.6. The Balaban J connectivity index is 1.68. The zero-order chi connectivity index (χ0) is 31.3. The maximum Gasteiger partial charge on any atom is 0.407 e. The van der Waals surface area contributed by atoms with Gasteiger partial charge in [0.2, 0.25) is 0 Å². The third kappa shape index (κ3) is 7.18. The van der Waals surface area contributed by atoms with Crippen LogP contribution in [0.5, 0.6) is 11.5 Å². The minimum atomic E-state index is -0.649. The summed E-state index contributed by atoms with van der Waals surface area (Å²) in [6.45, 7) is 5.59. The molecule has 0 radical (unpaired) electrons. The second kappa shape index (κ2) is 13.3. The van der Waals surface area contributed by atoms with E-state index in [1.54, 1.807) is 47.1 Å². The van der Waals surface area contributed by atoms with E-state index in [2.05, 4.69) is 20.6 Å². The van der Waals surface area contributed by atoms with Crippen molar-refractivity contribution in [2.24, 2.45) is 10.7 Å². The van der Waals surface area contributed by atoms with E-state index in [-0.39, 0.29) is 53.7 Å². The van der Waals surface area contributed by atoms with E-state index in [4.69, 9.17) is 19.9 Å². The van der Waals surface area contributed by atoms with Gasteiger partial charge in [-0.1, -0.05) is 12.8 Å². The average Bonchev–Trinajstić information content (AvgIpc) is 3.29. The van der Waals surface area contributed by atoms with Crippen LogP contribution in [-0.2, 0) is 17.8 Å². The molecule has 1 aliphatic heterocycles. The molecule has 2 aromatic rings. The number of hydrogen-bond donors (Lipinski definition) is 3. The third-order valence-electron chi connectivity index (χ3n) is 7.45. The Morgan fingerprint density at radius 1 is 1.21 bits per heavy atom. The van der Waals surface area contributed by atoms with Crippen LogP contribution < -0.4 is 25.8 Å². The third-order valence-corrected chi connectivity index (χ3v) is 7.45. The number of nitrogens with zero attached hydrogens (tertiary/aromatic N) is 3. The molecule has 2 heterocycles. The fraction of sp³-hybridized carbons (Fsp3) is 0.484. The number of nitrogens with two attached hydrogens (primary N) is 1. The number of amides is 2. The van der Waals surface area contributed by atoms with Crippen LogP contribution in [-0.4, -0.2) is 67.1 Å². The quantitative estimate of drug-likeness (QED) is 0.356. The van der Waals surface area contributed by atoms with Crippen molar-refractivity contribution in [2.75, 3.05) is 26.6 Å². The van der Waals surface area contributed by atoms with Crippen molar-refractivity contribution in [3.63, 3.8) is 0 Å². The van der Waals surface area contributed by atoms with Crippen LogP contribution in [0.3, 0.4) is 0 Å². The Kier molecular flexibility index (Phi) is 9.77. The Hall–Kier alpha value is -4.35. The monoisotopic (exact) mass is 596 g/mol. The van der Waals surface area contributed by atoms with Gasteiger partial charge in [-0.2, -0.15) is 0 Å². The molecule has 4 N–H and O–H groups in total. The number of benzene rings is 1. The molecule has 0 saturated heterocycles. The number of nitrogens with one attached hydrogen (secondary N) is 2. The fourth-order valence-corrected chi connectivity index (χ4v) is 5.47. The first-order valence-corrected chi connectivity index (χ1v) is 14.3. The normalized spacial score (nSPS) is 18.9. The Morgan fingerprint density at radius 3 is 2.56 bits per heavy atom. The molecule has 0 unspecified atom stereocenters. The number of alkyl carbamates (subject to hydrolysis) is 1. The smallest absolute Gasteiger partial charge is 0.407 e. The van der Waals surface area contributed by atoms with Gasteiger partial charge in [-0.3, -0.25) is 9.79 Å². The van der Waals surface area contributed by atoms with Crippen LogP contribution in [0.25, 0.3) is 5.57 Å². The second-order valence-corrected chi connectivity index (χ2v) is 11.6. The highest BCUT2D eigenvalue weighted by molar-refractivity contribution is 6.14. The van der Waals surface area contributed by atoms with Crippen molar-refractivity contribution in [2.45, 2.75) is 77.2 Å². The lowest BCUT2D eigenvalue weighted by Crippen LogP contribution is -2.50. The molecule has 11 nitrogen and oxygen atoms in total. The molecule has 43 heavy (non-hydrogen) atoms. The van der Waals surface area contributed by atoms with Crippen molar-refractivity contribution in [3.8, 4) is 11.5 Å². The predicted octanol–water partition coefficient (Wildman–Crippen LogP) is 4.64. The number of rotatable bonds is 9. The summed E-state index contributed by atoms with van der Waals surface area (Å²) in [6, 6.07) is 4.71. The lowest BCUT2D eigenvalue weighted by molar-refractivity contribution is 0.0488. The first-order valence-electron chi connectivity index (χ1n) is 14.3. The Labute approximate surface area is 251 Å². The number of pyridine rings is 1. The highest BCUT2D eigenvalue weighted by Crippen LogP contribution is 2.36. The molecule has 2 atom stereocenters. The number of carbonyl (C=O) groups is 2. The lowest BCUT2D eigenvalue weighted by Gasteiger charge is -2.34. The second-order valence-electron chi connectivity index (χ2n) is 11.6. The van der Waals surface area contributed by atoms with Gasteiger partial charge in [-0.05, 0) is 45.7 Å². The Bertz CT molecular complexity index is 1420. The number of hydrogen-bond acceptors (Lipinski definition) is 9. The van der Waals surface area contributed by atoms with E-state index in [0.717, 1.165) is 18.4 Å². The summed E-state index contributed by atoms with van der Waals surface area (Å²) >= 11 is 0. The van der Waals surface area contributed by atoms with Gasteiger partial charge in [0.15, 0.2) is 11.6 Å². The molecule has 1 aromatic heterocycles. The molecule has 2 amide bonds. The average molecular weight is 597 g/mol. The van der Waals surface area contributed by atoms with Crippen LogP contribution in [0.4, 0.5) is 15.0 Å². The van der Waals surface area contributed by atoms with Crippen molar-refractivity contribution in [3.05, 3.63) is 52.6 Å². The van der Waals surface area contributed by atoms with Crippen molar-refractivity contribution < 1.29 is 28.2 Å². The maximum absolute atomic E-state index is 16.3. The number of anilines is 1. The number of aliphatic imine (C=N–C) groups is 1. The van der Waals surface area contributed by atoms with Gasteiger partial charge < -0.3 is 35.5 Å². The number of fused-ring (bicyclic) bond motifs is 1. The number of aromatic nitrogens is 1. The molecule has 1 aliphatic carbocycles. The summed E-state index contributed by atoms with van der Waals surface area (Å²) in [5, 5.41) is 6.17. The number of halogens is 1. The van der Waals surface area contributed by atoms with Gasteiger partial charge in [0.1, 0.15) is 17.1 Å². The first-order chi connectivity index (χ1) is 20.5. The minimum Gasteiger partial charge on any atom is -0.497 e. The molecule has 2 aliphatic rings. The number of allylic oxidation sites excluding steroid dienone is 1. The summed E-state index contributed by atoms with van der Waals surface area (Å²) in [6.07, 6.45) is 5.45. The molecule has 0 spiro atoms. The number of ether oxygens (including phenoxy) is 3. The predicted molar refractivity (Wildman–Crippen MR) is 163 cm³/mol. The van der Waals surface area contributed by atoms with Crippen molar-refractivity contribution in [1.29, 1.82) is 0 Å². The van der Waals surface area contributed by atoms with Gasteiger partial charge in [-0.15, -0.1) is 0 Å². The Morgan fingerprint density at radius 2 is 1.93 bits per heavy atom. The van der Waals surface area contributed by atoms with E-state index in [1.165, 1.54) is 24.4 Å². The van der Waals surface area contributed by atoms with Gasteiger partial charge in [0, 0.05) is 54.8 Å². The SMILES string of the molecule is CN=CC(=CN)c1nc(N[C@@H]2CCCC[C@@H]2NC(=O)OC(C)(C)C)c(F)c2c1C(=O)N(Cc1ccc(OC)cc1OC)C2. The van der Waals surface area contributed by atoms with Crippen LogP contribution in [0.15, 0.2) is 29.4 Å². The molecular weight excluding hydrogens is 555 g/mol. The summed E-state index contributed by atoms with van der Waals surface area (Å²) in [5.74, 6) is 0.140. The molecule has 1 aromatic carbocycles. The summed E-state index contributed by atoms with van der Waals surface area (Å²) < 4.78 is 32.5. The summed E-state index contributed by atoms with van der Waals surface area (Å²) in [5.41, 5.74) is 6.98. The van der Waals surface area contributed by atoms with Crippen LogP contribution in [0.2, 0.25) is 0 Å². The molecule has 232 valence electrons. The van der Waals surface area contributed by atoms with Gasteiger partial charge >= 0.3 is 6.09 Å². The van der Waals surface area contributed by atoms with E-state index in [1.807, 2.05) is 6.07 Å². The lowest BCUT2D eigenvalue weighted by atomic mass is 9.90.